The van der Waals surface area contributed by atoms with Crippen molar-refractivity contribution in [1.29, 1.82) is 0 Å². The van der Waals surface area contributed by atoms with Crippen LogP contribution in [0.5, 0.6) is 11.5 Å². The van der Waals surface area contributed by atoms with E-state index < -0.39 is 111 Å². The van der Waals surface area contributed by atoms with Gasteiger partial charge in [-0.1, -0.05) is 119 Å². The van der Waals surface area contributed by atoms with E-state index in [0.717, 1.165) is 43.7 Å². The number of hydrogen-bond acceptors (Lipinski definition) is 18. The van der Waals surface area contributed by atoms with Crippen LogP contribution in [0.25, 0.3) is 32.7 Å². The minimum Gasteiger partial charge on any atom is -0.493 e. The number of fused-ring (bicyclic) bond motifs is 2. The summed E-state index contributed by atoms with van der Waals surface area (Å²) in [5, 5.41) is 38.9. The highest BCUT2D eigenvalue weighted by Crippen LogP contribution is 2.46. The van der Waals surface area contributed by atoms with E-state index in [1.807, 2.05) is 116 Å². The third-order valence-corrected chi connectivity index (χ3v) is 15.7. The second-order valence-electron chi connectivity index (χ2n) is 24.6. The number of nitrogens with one attached hydrogen (secondary N) is 6. The van der Waals surface area contributed by atoms with E-state index in [2.05, 4.69) is 50.4 Å². The van der Waals surface area contributed by atoms with Gasteiger partial charge in [-0.3, -0.25) is 33.3 Å². The van der Waals surface area contributed by atoms with Gasteiger partial charge in [0.1, 0.15) is 59.4 Å². The molecule has 1 fully saturated rings. The van der Waals surface area contributed by atoms with Crippen LogP contribution in [0.1, 0.15) is 105 Å². The Morgan fingerprint density at radius 2 is 1.33 bits per heavy atom. The molecule has 6 aromatic rings. The summed E-state index contributed by atoms with van der Waals surface area (Å²) >= 11 is 0. The van der Waals surface area contributed by atoms with Gasteiger partial charge in [-0.2, -0.15) is 9.61 Å². The van der Waals surface area contributed by atoms with Crippen molar-refractivity contribution in [2.75, 3.05) is 38.6 Å². The van der Waals surface area contributed by atoms with Crippen molar-refractivity contribution in [1.82, 2.24) is 41.6 Å². The number of aliphatic hydroxyl groups excluding tert-OH is 2. The van der Waals surface area contributed by atoms with Gasteiger partial charge in [-0.15, -0.1) is 0 Å². The van der Waals surface area contributed by atoms with Crippen LogP contribution in [0, 0.1) is 11.8 Å². The Morgan fingerprint density at radius 1 is 0.723 bits per heavy atom. The summed E-state index contributed by atoms with van der Waals surface area (Å²) in [4.78, 5) is 101. The third-order valence-electron chi connectivity index (χ3n) is 14.9. The lowest BCUT2D eigenvalue weighted by Crippen LogP contribution is -2.57. The number of phosphoric acid groups is 1. The van der Waals surface area contributed by atoms with E-state index in [1.165, 1.54) is 12.3 Å². The van der Waals surface area contributed by atoms with Crippen LogP contribution in [-0.4, -0.2) is 135 Å². The molecule has 0 aliphatic carbocycles. The predicted molar refractivity (Wildman–Crippen MR) is 354 cm³/mol. The lowest BCUT2D eigenvalue weighted by molar-refractivity contribution is -0.134. The first-order valence-electron chi connectivity index (χ1n) is 31.3. The van der Waals surface area contributed by atoms with Gasteiger partial charge in [-0.05, 0) is 123 Å². The second-order valence-corrected chi connectivity index (χ2v) is 26.0. The average Bonchev–Trinajstić information content (AvgIpc) is 0.893. The largest absolute Gasteiger partial charge is 0.493 e. The quantitative estimate of drug-likeness (QED) is 0.00721. The number of nitrogens with zero attached hydrogens (tertiary/aromatic N) is 3. The normalized spacial score (nSPS) is 17.4. The molecule has 0 spiro atoms. The Bertz CT molecular complexity index is 3680. The molecule has 1 aliphatic rings. The lowest BCUT2D eigenvalue weighted by Gasteiger charge is -2.26. The van der Waals surface area contributed by atoms with Crippen LogP contribution in [0.15, 0.2) is 125 Å². The minimum absolute atomic E-state index is 0.0204. The average molecular weight is 1320 g/mol. The lowest BCUT2D eigenvalue weighted by atomic mass is 9.92. The molecule has 5 amide bonds. The molecule has 0 saturated carbocycles. The monoisotopic (exact) mass is 1320 g/mol. The predicted octanol–water partition coefficient (Wildman–Crippen LogP) is 6.17. The fraction of sp³-hybridized carbons (Fsp3) is 0.455. The number of aliphatic hydroxyl groups is 2. The highest BCUT2D eigenvalue weighted by molar-refractivity contribution is 7.47. The van der Waals surface area contributed by atoms with Gasteiger partial charge in [0.25, 0.3) is 5.91 Å². The Morgan fingerprint density at radius 3 is 1.96 bits per heavy atom. The molecule has 4 unspecified atom stereocenters. The molecule has 8 atom stereocenters. The number of carbonyl (C=O) groups is 5. The number of phosphoric ester groups is 1. The van der Waals surface area contributed by atoms with Crippen molar-refractivity contribution < 1.29 is 71.7 Å². The molecule has 0 bridgehead atoms. The van der Waals surface area contributed by atoms with Gasteiger partial charge in [0.2, 0.25) is 23.7 Å². The first-order chi connectivity index (χ1) is 44.7. The van der Waals surface area contributed by atoms with Crippen LogP contribution in [0.2, 0.25) is 0 Å². The maximum atomic E-state index is 14.8. The van der Waals surface area contributed by atoms with Crippen molar-refractivity contribution in [2.24, 2.45) is 22.6 Å². The fourth-order valence-electron chi connectivity index (χ4n) is 10.3. The molecule has 0 radical (unpaired) electrons. The Balaban J connectivity index is 1.09. The number of hydroxylamine groups is 1. The van der Waals surface area contributed by atoms with Gasteiger partial charge < -0.3 is 72.1 Å². The van der Waals surface area contributed by atoms with Crippen molar-refractivity contribution >= 4 is 70.9 Å². The molecule has 94 heavy (non-hydrogen) atoms. The molecule has 13 N–H and O–H groups in total. The van der Waals surface area contributed by atoms with Crippen molar-refractivity contribution in [2.45, 2.75) is 148 Å². The number of ether oxygens (including phenoxy) is 4. The molecule has 28 heteroatoms. The summed E-state index contributed by atoms with van der Waals surface area (Å²) < 4.78 is 47.5. The molecule has 1 aliphatic heterocycles. The molecular formula is C66H88N11O16P. The van der Waals surface area contributed by atoms with Crippen LogP contribution >= 0.6 is 7.82 Å². The van der Waals surface area contributed by atoms with Gasteiger partial charge in [0.05, 0.1) is 13.2 Å². The number of alkyl carbamates (subject to hydrolysis) is 1. The van der Waals surface area contributed by atoms with Crippen LogP contribution in [0.4, 0.5) is 10.6 Å². The third kappa shape index (κ3) is 22.0. The second kappa shape index (κ2) is 34.5. The number of aromatic nitrogens is 2. The molecule has 5 aromatic carbocycles. The summed E-state index contributed by atoms with van der Waals surface area (Å²) in [6.07, 6.45) is -4.07. The number of amides is 5. The maximum absolute atomic E-state index is 14.8. The highest BCUT2D eigenvalue weighted by atomic mass is 31.2. The molecule has 27 nitrogen and oxygen atoms in total. The number of aliphatic imine (C=N–C) groups is 1. The van der Waals surface area contributed by atoms with E-state index in [9.17, 15) is 48.4 Å². The topological polar surface area (TPSA) is 390 Å². The number of hydrogen-bond donors (Lipinski definition) is 11. The first-order valence-corrected chi connectivity index (χ1v) is 32.8. The zero-order valence-corrected chi connectivity index (χ0v) is 54.8. The standard InChI is InChI=1S/C66H88N11O16P/c1-40(2)31-35-88-50-28-26-43-20-11-13-22-45(43)55(50)56-46-23-14-12-21-44(46)27-29-51(56)89-39-54(78)72-47(24-15-16-32-70-65(85)92-66(5,6)7)60(82)73-48(61(83)74-49(36-41(3)4)59(81)71-37-42-18-9-8-10-19-42)25-17-33-69-63(68)76-93-94(86,87)90-38-52-57(79)58(80)62(91-52)77-34-30-53(67)75-64(77)84/h8-14,18-23,26-30,34,40-41,47-49,52,57-58,62,79-80H,15-17,24-25,31-33,35-39H2,1-7H3,(H,70,85)(H,71,81)(H,72,78)(H,73,82)(H,74,83)(H,86,87)(H2,67,75,84)(H3,68,69,76)/t47?,48?,49?,52-,57-,58-,62-/m1/s1. The van der Waals surface area contributed by atoms with E-state index in [4.69, 9.17) is 39.6 Å². The van der Waals surface area contributed by atoms with Crippen LogP contribution in [0.3, 0.4) is 0 Å². The molecule has 508 valence electrons. The van der Waals surface area contributed by atoms with Gasteiger partial charge in [0, 0.05) is 37.0 Å². The number of anilines is 1. The summed E-state index contributed by atoms with van der Waals surface area (Å²) in [7, 11) is -5.04. The van der Waals surface area contributed by atoms with Gasteiger partial charge in [-0.25, -0.2) is 19.6 Å². The molecular weight excluding hydrogens is 1230 g/mol. The first kappa shape index (κ1) is 72.7. The minimum atomic E-state index is -5.04. The molecule has 1 saturated heterocycles. The SMILES string of the molecule is CC(C)CCOc1ccc2ccccc2c1-c1c(OCC(=O)NC(CCCCNC(=O)OC(C)(C)C)C(=O)NC(CCCN=C(N)NOP(=O)(O)OC[C@H]2O[C@@H](n3ccc(N)nc3=O)[C@H](O)[C@@H]2O)C(=O)NC(CC(C)C)C(=O)NCc2ccccc2)ccc2ccccc12. The van der Waals surface area contributed by atoms with E-state index in [1.54, 1.807) is 26.8 Å². The number of unbranched alkanes of at least 4 members (excludes halogenated alkanes) is 1. The van der Waals surface area contributed by atoms with E-state index in [-0.39, 0.29) is 57.1 Å². The van der Waals surface area contributed by atoms with Gasteiger partial charge >= 0.3 is 19.6 Å². The smallest absolute Gasteiger partial charge is 0.493 e. The zero-order valence-electron chi connectivity index (χ0n) is 54.0. The number of nitrogen functional groups attached to an aromatic ring is 1. The van der Waals surface area contributed by atoms with E-state index >= 15 is 0 Å². The number of guanidine groups is 1. The molecule has 2 heterocycles. The maximum Gasteiger partial charge on any atom is 0.493 e. The number of benzene rings is 5. The van der Waals surface area contributed by atoms with Crippen LogP contribution < -0.4 is 58.7 Å². The van der Waals surface area contributed by atoms with Crippen molar-refractivity contribution in [3.05, 3.63) is 131 Å². The summed E-state index contributed by atoms with van der Waals surface area (Å²) in [5.74, 6) is -1.95. The number of rotatable bonds is 33. The summed E-state index contributed by atoms with van der Waals surface area (Å²) in [5.41, 5.74) is 14.2. The Labute approximate surface area is 545 Å². The summed E-state index contributed by atoms with van der Waals surface area (Å²) in [6.45, 7) is 12.5. The van der Waals surface area contributed by atoms with Crippen LogP contribution in [-0.2, 0) is 48.9 Å². The van der Waals surface area contributed by atoms with E-state index in [0.29, 0.717) is 42.4 Å². The highest BCUT2D eigenvalue weighted by Gasteiger charge is 2.45. The summed E-state index contributed by atoms with van der Waals surface area (Å²) in [6, 6.07) is 30.1. The molecule has 1 aromatic heterocycles. The molecule has 7 rings (SSSR count). The number of carbonyl (C=O) groups excluding carboxylic acids is 5. The Kier molecular flexibility index (Phi) is 26.7. The zero-order chi connectivity index (χ0) is 68.1. The van der Waals surface area contributed by atoms with Crippen molar-refractivity contribution in [3.8, 4) is 22.6 Å². The number of nitrogens with two attached hydrogens (primary N) is 2. The fourth-order valence-corrected chi connectivity index (χ4v) is 10.9. The van der Waals surface area contributed by atoms with Crippen molar-refractivity contribution in [3.63, 3.8) is 0 Å². The van der Waals surface area contributed by atoms with Gasteiger partial charge in [0.15, 0.2) is 12.8 Å². The Hall–Kier alpha value is -8.69.